The normalized spacial score (nSPS) is 12.8. The van der Waals surface area contributed by atoms with Gasteiger partial charge in [-0.2, -0.15) is 0 Å². The van der Waals surface area contributed by atoms with E-state index in [1.165, 1.54) is 36.4 Å². The summed E-state index contributed by atoms with van der Waals surface area (Å²) in [4.78, 5) is 10.1. The fraction of sp³-hybridized carbons (Fsp3) is 0.316. The van der Waals surface area contributed by atoms with Gasteiger partial charge < -0.3 is 14.6 Å². The third-order valence-electron chi connectivity index (χ3n) is 3.93. The molecule has 0 saturated heterocycles. The highest BCUT2D eigenvalue weighted by Gasteiger charge is 2.31. The summed E-state index contributed by atoms with van der Waals surface area (Å²) in [6.07, 6.45) is -5.70. The molecule has 1 unspecified atom stereocenters. The van der Waals surface area contributed by atoms with E-state index in [2.05, 4.69) is 4.74 Å². The lowest BCUT2D eigenvalue weighted by atomic mass is 10.2. The number of hydroxylamine groups is 2. The molecule has 0 fully saturated rings. The monoisotopic (exact) mass is 463 g/mol. The molecule has 0 spiro atoms. The van der Waals surface area contributed by atoms with E-state index in [0.717, 1.165) is 12.1 Å². The van der Waals surface area contributed by atoms with Gasteiger partial charge in [0.1, 0.15) is 22.1 Å². The van der Waals surface area contributed by atoms with E-state index in [9.17, 15) is 31.5 Å². The third-order valence-corrected chi connectivity index (χ3v) is 5.76. The van der Waals surface area contributed by atoms with Crippen molar-refractivity contribution in [3.8, 4) is 17.2 Å². The number of ether oxygens (including phenoxy) is 2. The summed E-state index contributed by atoms with van der Waals surface area (Å²) in [6.45, 7) is -0.0612. The molecule has 0 aliphatic carbocycles. The quantitative estimate of drug-likeness (QED) is 0.299. The number of nitrogens with zero attached hydrogens (tertiary/aromatic N) is 1. The van der Waals surface area contributed by atoms with Crippen molar-refractivity contribution in [1.82, 2.24) is 5.06 Å². The van der Waals surface area contributed by atoms with Crippen LogP contribution in [-0.2, 0) is 14.6 Å². The molecule has 0 aliphatic heterocycles. The predicted molar refractivity (Wildman–Crippen MR) is 101 cm³/mol. The number of aliphatic hydroxyl groups is 1. The van der Waals surface area contributed by atoms with Crippen LogP contribution in [0.25, 0.3) is 0 Å². The summed E-state index contributed by atoms with van der Waals surface area (Å²) in [7, 11) is -3.99. The summed E-state index contributed by atoms with van der Waals surface area (Å²) in [5.74, 6) is -1.07. The fourth-order valence-electron chi connectivity index (χ4n) is 2.60. The Labute approximate surface area is 176 Å². The molecule has 0 radical (unpaired) electrons. The minimum Gasteiger partial charge on any atom is -0.456 e. The second kappa shape index (κ2) is 10.5. The maximum absolute atomic E-state index is 12.7. The Balaban J connectivity index is 2.09. The SMILES string of the molecule is O=CN(O)CCCC(O)CS(=O)(=O)c1ccccc1Oc1ccc(OC(F)(F)F)cc1. The minimum atomic E-state index is -4.84. The number of rotatable bonds is 11. The molecule has 1 atom stereocenters. The number of benzene rings is 2. The van der Waals surface area contributed by atoms with Gasteiger partial charge in [-0.3, -0.25) is 10.0 Å². The Morgan fingerprint density at radius 1 is 1.06 bits per heavy atom. The molecule has 0 aliphatic rings. The highest BCUT2D eigenvalue weighted by molar-refractivity contribution is 7.91. The number of para-hydroxylation sites is 1. The van der Waals surface area contributed by atoms with E-state index in [1.54, 1.807) is 0 Å². The number of aliphatic hydroxyl groups excluding tert-OH is 1. The van der Waals surface area contributed by atoms with Crippen LogP contribution in [0.5, 0.6) is 17.2 Å². The molecule has 1 amide bonds. The van der Waals surface area contributed by atoms with Crippen molar-refractivity contribution in [2.75, 3.05) is 12.3 Å². The van der Waals surface area contributed by atoms with Gasteiger partial charge in [0.15, 0.2) is 9.84 Å². The third kappa shape index (κ3) is 8.07. The van der Waals surface area contributed by atoms with Gasteiger partial charge in [0.25, 0.3) is 0 Å². The molecule has 2 aromatic carbocycles. The van der Waals surface area contributed by atoms with E-state index < -0.39 is 33.8 Å². The van der Waals surface area contributed by atoms with Gasteiger partial charge in [-0.25, -0.2) is 13.5 Å². The van der Waals surface area contributed by atoms with Crippen molar-refractivity contribution in [3.05, 3.63) is 48.5 Å². The van der Waals surface area contributed by atoms with Gasteiger partial charge in [0.05, 0.1) is 11.9 Å². The van der Waals surface area contributed by atoms with Crippen molar-refractivity contribution < 1.29 is 46.2 Å². The van der Waals surface area contributed by atoms with Crippen molar-refractivity contribution in [2.45, 2.75) is 30.2 Å². The van der Waals surface area contributed by atoms with Gasteiger partial charge in [-0.15, -0.1) is 13.2 Å². The summed E-state index contributed by atoms with van der Waals surface area (Å²) in [5, 5.41) is 19.4. The Morgan fingerprint density at radius 3 is 2.29 bits per heavy atom. The number of carbonyl (C=O) groups is 1. The number of carbonyl (C=O) groups excluding carboxylic acids is 1. The highest BCUT2D eigenvalue weighted by atomic mass is 32.2. The second-order valence-corrected chi connectivity index (χ2v) is 8.42. The van der Waals surface area contributed by atoms with Gasteiger partial charge in [-0.05, 0) is 49.2 Å². The zero-order chi connectivity index (χ0) is 23.1. The lowest BCUT2D eigenvalue weighted by Gasteiger charge is -2.15. The van der Waals surface area contributed by atoms with E-state index in [1.807, 2.05) is 0 Å². The Morgan fingerprint density at radius 2 is 1.68 bits per heavy atom. The van der Waals surface area contributed by atoms with Crippen LogP contribution >= 0.6 is 0 Å². The number of hydrogen-bond donors (Lipinski definition) is 2. The first-order valence-electron chi connectivity index (χ1n) is 8.94. The largest absolute Gasteiger partial charge is 0.573 e. The van der Waals surface area contributed by atoms with Crippen molar-refractivity contribution >= 4 is 16.2 Å². The fourth-order valence-corrected chi connectivity index (χ4v) is 4.15. The number of amides is 1. The van der Waals surface area contributed by atoms with Crippen LogP contribution < -0.4 is 9.47 Å². The average Bonchev–Trinajstić information content (AvgIpc) is 2.68. The zero-order valence-electron chi connectivity index (χ0n) is 16.0. The molecule has 8 nitrogen and oxygen atoms in total. The van der Waals surface area contributed by atoms with Gasteiger partial charge >= 0.3 is 6.36 Å². The van der Waals surface area contributed by atoms with E-state index in [-0.39, 0.29) is 42.2 Å². The first-order valence-corrected chi connectivity index (χ1v) is 10.6. The maximum atomic E-state index is 12.7. The number of halogens is 3. The Kier molecular flexibility index (Phi) is 8.25. The molecule has 12 heteroatoms. The van der Waals surface area contributed by atoms with Crippen LogP contribution in [0.15, 0.2) is 53.4 Å². The Hall–Kier alpha value is -2.83. The van der Waals surface area contributed by atoms with Crippen LogP contribution in [0.1, 0.15) is 12.8 Å². The number of alkyl halides is 3. The second-order valence-electron chi connectivity index (χ2n) is 6.41. The summed E-state index contributed by atoms with van der Waals surface area (Å²) in [6, 6.07) is 10.0. The highest BCUT2D eigenvalue weighted by Crippen LogP contribution is 2.31. The summed E-state index contributed by atoms with van der Waals surface area (Å²) >= 11 is 0. The van der Waals surface area contributed by atoms with Crippen LogP contribution in [-0.4, -0.2) is 55.0 Å². The first kappa shape index (κ1) is 24.4. The molecule has 31 heavy (non-hydrogen) atoms. The van der Waals surface area contributed by atoms with Gasteiger partial charge in [0.2, 0.25) is 6.41 Å². The Bertz CT molecular complexity index is 965. The van der Waals surface area contributed by atoms with Crippen molar-refractivity contribution in [1.29, 1.82) is 0 Å². The number of hydrogen-bond acceptors (Lipinski definition) is 7. The van der Waals surface area contributed by atoms with Crippen LogP contribution in [0, 0.1) is 0 Å². The lowest BCUT2D eigenvalue weighted by Crippen LogP contribution is -2.24. The first-order chi connectivity index (χ1) is 14.5. The molecule has 2 rings (SSSR count). The lowest BCUT2D eigenvalue weighted by molar-refractivity contribution is -0.274. The molecular weight excluding hydrogens is 443 g/mol. The van der Waals surface area contributed by atoms with E-state index in [0.29, 0.717) is 5.06 Å². The molecule has 0 saturated carbocycles. The maximum Gasteiger partial charge on any atom is 0.573 e. The molecular formula is C19H20F3NO7S. The minimum absolute atomic E-state index is 0.0216. The summed E-state index contributed by atoms with van der Waals surface area (Å²) < 4.78 is 71.4. The molecule has 0 bridgehead atoms. The zero-order valence-corrected chi connectivity index (χ0v) is 16.8. The van der Waals surface area contributed by atoms with E-state index >= 15 is 0 Å². The molecule has 0 aromatic heterocycles. The van der Waals surface area contributed by atoms with Crippen molar-refractivity contribution in [3.63, 3.8) is 0 Å². The molecule has 0 heterocycles. The van der Waals surface area contributed by atoms with Crippen LogP contribution in [0.3, 0.4) is 0 Å². The molecule has 2 N–H and O–H groups in total. The van der Waals surface area contributed by atoms with Gasteiger partial charge in [-0.1, -0.05) is 12.1 Å². The van der Waals surface area contributed by atoms with Gasteiger partial charge in [0, 0.05) is 6.54 Å². The topological polar surface area (TPSA) is 113 Å². The summed E-state index contributed by atoms with van der Waals surface area (Å²) in [5.41, 5.74) is 0. The van der Waals surface area contributed by atoms with Crippen molar-refractivity contribution in [2.24, 2.45) is 0 Å². The average molecular weight is 463 g/mol. The van der Waals surface area contributed by atoms with Crippen LogP contribution in [0.2, 0.25) is 0 Å². The molecule has 170 valence electrons. The smallest absolute Gasteiger partial charge is 0.456 e. The van der Waals surface area contributed by atoms with Crippen LogP contribution in [0.4, 0.5) is 13.2 Å². The van der Waals surface area contributed by atoms with E-state index in [4.69, 9.17) is 9.94 Å². The molecule has 2 aromatic rings. The predicted octanol–water partition coefficient (Wildman–Crippen LogP) is 3.14. The number of sulfone groups is 1. The standard InChI is InChI=1S/C19H20F3NO7S/c20-19(21,22)30-16-9-7-15(8-10-16)29-17-5-1-2-6-18(17)31(27,28)12-14(25)4-3-11-23(26)13-24/h1-2,5-10,13-14,25-26H,3-4,11-12H2.